The molecule has 1 aliphatic heterocycles. The number of aliphatic carboxylic acids is 1. The predicted octanol–water partition coefficient (Wildman–Crippen LogP) is 0.738. The summed E-state index contributed by atoms with van der Waals surface area (Å²) in [5.41, 5.74) is 0.260. The van der Waals surface area contributed by atoms with Crippen molar-refractivity contribution in [2.45, 2.75) is 13.0 Å². The van der Waals surface area contributed by atoms with E-state index in [1.165, 1.54) is 4.57 Å². The number of nitrogens with zero attached hydrogens (tertiary/aromatic N) is 2. The van der Waals surface area contributed by atoms with Gasteiger partial charge in [0.2, 0.25) is 5.88 Å². The highest BCUT2D eigenvalue weighted by atomic mass is 35.5. The highest BCUT2D eigenvalue weighted by Gasteiger charge is 2.25. The first-order chi connectivity index (χ1) is 10.9. The van der Waals surface area contributed by atoms with Crippen LogP contribution in [0.25, 0.3) is 5.57 Å². The van der Waals surface area contributed by atoms with Gasteiger partial charge >= 0.3 is 5.97 Å². The fourth-order valence-electron chi connectivity index (χ4n) is 2.38. The van der Waals surface area contributed by atoms with E-state index in [0.29, 0.717) is 15.6 Å². The number of rotatable bonds is 4. The number of aromatic hydroxyl groups is 1. The largest absolute Gasteiger partial charge is 0.493 e. The average molecular weight is 352 g/mol. The van der Waals surface area contributed by atoms with Gasteiger partial charge in [-0.3, -0.25) is 14.2 Å². The number of fused-ring (bicyclic) bond motifs is 1. The number of carbonyl (C=O) groups excluding carboxylic acids is 1. The lowest BCUT2D eigenvalue weighted by Gasteiger charge is -2.03. The second kappa shape index (κ2) is 5.64. The summed E-state index contributed by atoms with van der Waals surface area (Å²) >= 11 is 11.0. The monoisotopic (exact) mass is 351 g/mol. The SMILES string of the molecule is O=C(O)CCn1c(O)c(C2=c3cc(Cl)ccc3=NC2=O)[nH]c1=S. The second-order valence-electron chi connectivity index (χ2n) is 4.88. The molecule has 0 aliphatic carbocycles. The van der Waals surface area contributed by atoms with Crippen molar-refractivity contribution >= 4 is 41.3 Å². The molecule has 23 heavy (non-hydrogen) atoms. The first kappa shape index (κ1) is 15.4. The van der Waals surface area contributed by atoms with Crippen LogP contribution >= 0.6 is 23.8 Å². The lowest BCUT2D eigenvalue weighted by Crippen LogP contribution is -2.23. The van der Waals surface area contributed by atoms with Crippen molar-refractivity contribution in [3.8, 4) is 5.88 Å². The number of carbonyl (C=O) groups is 2. The molecular weight excluding hydrogens is 342 g/mol. The fourth-order valence-corrected chi connectivity index (χ4v) is 2.83. The van der Waals surface area contributed by atoms with Crippen molar-refractivity contribution < 1.29 is 19.8 Å². The van der Waals surface area contributed by atoms with Gasteiger partial charge in [-0.25, -0.2) is 4.99 Å². The summed E-state index contributed by atoms with van der Waals surface area (Å²) in [6.07, 6.45) is -0.213. The van der Waals surface area contributed by atoms with Gasteiger partial charge in [-0.1, -0.05) is 11.6 Å². The molecule has 118 valence electrons. The van der Waals surface area contributed by atoms with E-state index in [4.69, 9.17) is 28.9 Å². The van der Waals surface area contributed by atoms with Gasteiger partial charge in [-0.05, 0) is 30.4 Å². The van der Waals surface area contributed by atoms with Crippen molar-refractivity contribution in [1.82, 2.24) is 9.55 Å². The Hall–Kier alpha value is -2.45. The third-order valence-electron chi connectivity index (χ3n) is 3.42. The number of H-pyrrole nitrogens is 1. The summed E-state index contributed by atoms with van der Waals surface area (Å²) < 4.78 is 1.34. The summed E-state index contributed by atoms with van der Waals surface area (Å²) in [5.74, 6) is -1.85. The molecule has 1 aliphatic rings. The maximum absolute atomic E-state index is 12.2. The molecule has 7 nitrogen and oxygen atoms in total. The fraction of sp³-hybridized carbons (Fsp3) is 0.143. The molecule has 1 aromatic heterocycles. The molecular formula is C14H10ClN3O4S. The molecule has 0 bridgehead atoms. The number of nitrogens with one attached hydrogen (secondary N) is 1. The standard InChI is InChI=1S/C14H10ClN3O4S/c15-6-1-2-8-7(5-6)10(12(21)16-8)11-13(22)18(14(23)17-11)4-3-9(19)20/h1-2,5,22H,3-4H2,(H,17,23)(H,19,20). The van der Waals surface area contributed by atoms with E-state index >= 15 is 0 Å². The maximum Gasteiger partial charge on any atom is 0.305 e. The lowest BCUT2D eigenvalue weighted by atomic mass is 10.1. The zero-order valence-electron chi connectivity index (χ0n) is 11.5. The van der Waals surface area contributed by atoms with Gasteiger partial charge in [0.15, 0.2) is 4.77 Å². The number of halogens is 1. The molecule has 0 atom stereocenters. The molecule has 0 unspecified atom stereocenters. The minimum Gasteiger partial charge on any atom is -0.493 e. The Bertz CT molecular complexity index is 1020. The van der Waals surface area contributed by atoms with E-state index in [1.54, 1.807) is 18.2 Å². The Morgan fingerprint density at radius 3 is 2.87 bits per heavy atom. The Morgan fingerprint density at radius 2 is 2.17 bits per heavy atom. The lowest BCUT2D eigenvalue weighted by molar-refractivity contribution is -0.137. The molecule has 3 N–H and O–H groups in total. The van der Waals surface area contributed by atoms with E-state index < -0.39 is 11.9 Å². The van der Waals surface area contributed by atoms with Crippen LogP contribution in [0.3, 0.4) is 0 Å². The predicted molar refractivity (Wildman–Crippen MR) is 83.3 cm³/mol. The molecule has 3 rings (SSSR count). The van der Waals surface area contributed by atoms with Crippen molar-refractivity contribution in [1.29, 1.82) is 0 Å². The maximum atomic E-state index is 12.2. The molecule has 0 saturated carbocycles. The van der Waals surface area contributed by atoms with Crippen LogP contribution in [-0.2, 0) is 16.1 Å². The highest BCUT2D eigenvalue weighted by molar-refractivity contribution is 7.71. The normalized spacial score (nSPS) is 13.1. The first-order valence-corrected chi connectivity index (χ1v) is 7.34. The number of aromatic amines is 1. The summed E-state index contributed by atoms with van der Waals surface area (Å²) in [7, 11) is 0. The van der Waals surface area contributed by atoms with Crippen molar-refractivity contribution in [3.63, 3.8) is 0 Å². The van der Waals surface area contributed by atoms with Gasteiger partial charge in [-0.2, -0.15) is 0 Å². The van der Waals surface area contributed by atoms with Gasteiger partial charge < -0.3 is 15.2 Å². The van der Waals surface area contributed by atoms with Crippen molar-refractivity contribution in [3.05, 3.63) is 44.3 Å². The molecule has 0 saturated heterocycles. The number of carboxylic acids is 1. The summed E-state index contributed by atoms with van der Waals surface area (Å²) in [6, 6.07) is 4.79. The first-order valence-electron chi connectivity index (χ1n) is 6.55. The molecule has 1 amide bonds. The second-order valence-corrected chi connectivity index (χ2v) is 5.70. The molecule has 2 heterocycles. The van der Waals surface area contributed by atoms with Crippen molar-refractivity contribution in [2.24, 2.45) is 4.99 Å². The number of amides is 1. The van der Waals surface area contributed by atoms with E-state index in [2.05, 4.69) is 9.98 Å². The van der Waals surface area contributed by atoms with Gasteiger partial charge in [0.25, 0.3) is 5.91 Å². The van der Waals surface area contributed by atoms with Crippen LogP contribution in [0.1, 0.15) is 12.1 Å². The van der Waals surface area contributed by atoms with Gasteiger partial charge in [0.05, 0.1) is 17.4 Å². The van der Waals surface area contributed by atoms with E-state index in [0.717, 1.165) is 0 Å². The van der Waals surface area contributed by atoms with E-state index in [-0.39, 0.29) is 34.9 Å². The van der Waals surface area contributed by atoms with Gasteiger partial charge in [0.1, 0.15) is 5.69 Å². The summed E-state index contributed by atoms with van der Waals surface area (Å²) in [5, 5.41) is 20.4. The molecule has 2 aromatic rings. The molecule has 9 heteroatoms. The minimum absolute atomic E-state index is 0.0164. The van der Waals surface area contributed by atoms with E-state index in [1.807, 2.05) is 0 Å². The Labute approximate surface area is 139 Å². The van der Waals surface area contributed by atoms with Crippen LogP contribution in [0.4, 0.5) is 0 Å². The zero-order chi connectivity index (χ0) is 16.7. The van der Waals surface area contributed by atoms with Crippen LogP contribution in [0.5, 0.6) is 5.88 Å². The number of imidazole rings is 1. The average Bonchev–Trinajstić information content (AvgIpc) is 2.93. The van der Waals surface area contributed by atoms with Crippen LogP contribution in [0.2, 0.25) is 5.02 Å². The molecule has 0 fully saturated rings. The number of aromatic nitrogens is 2. The van der Waals surface area contributed by atoms with Gasteiger partial charge in [-0.15, -0.1) is 0 Å². The van der Waals surface area contributed by atoms with Crippen molar-refractivity contribution in [2.75, 3.05) is 0 Å². The third-order valence-corrected chi connectivity index (χ3v) is 3.98. The third kappa shape index (κ3) is 2.66. The molecule has 1 aromatic carbocycles. The van der Waals surface area contributed by atoms with Crippen LogP contribution in [0, 0.1) is 4.77 Å². The zero-order valence-corrected chi connectivity index (χ0v) is 13.1. The number of hydrogen-bond acceptors (Lipinski definition) is 4. The summed E-state index contributed by atoms with van der Waals surface area (Å²) in [4.78, 5) is 29.5. The minimum atomic E-state index is -1.02. The Kier molecular flexibility index (Phi) is 3.78. The Balaban J connectivity index is 2.20. The number of hydrogen-bond donors (Lipinski definition) is 3. The van der Waals surface area contributed by atoms with Crippen LogP contribution < -0.4 is 10.6 Å². The number of carboxylic acid groups (broad SMARTS) is 1. The molecule has 0 spiro atoms. The smallest absolute Gasteiger partial charge is 0.305 e. The number of benzene rings is 1. The summed E-state index contributed by atoms with van der Waals surface area (Å²) in [6.45, 7) is -0.0164. The van der Waals surface area contributed by atoms with Crippen LogP contribution in [-0.4, -0.2) is 31.6 Å². The topological polar surface area (TPSA) is 108 Å². The van der Waals surface area contributed by atoms with E-state index in [9.17, 15) is 14.7 Å². The molecule has 0 radical (unpaired) electrons. The highest BCUT2D eigenvalue weighted by Crippen LogP contribution is 2.25. The quantitative estimate of drug-likeness (QED) is 0.704. The van der Waals surface area contributed by atoms with Crippen LogP contribution in [0.15, 0.2) is 23.2 Å². The Morgan fingerprint density at radius 1 is 1.43 bits per heavy atom. The van der Waals surface area contributed by atoms with Gasteiger partial charge in [0, 0.05) is 16.8 Å².